The molecular weight excluding hydrogens is 409 g/mol. The highest BCUT2D eigenvalue weighted by molar-refractivity contribution is 7.99. The Morgan fingerprint density at radius 3 is 2.63 bits per heavy atom. The Morgan fingerprint density at radius 1 is 1.37 bits per heavy atom. The minimum absolute atomic E-state index is 0.00219. The number of thioether (sulfide) groups is 1. The average Bonchev–Trinajstić information content (AvgIpc) is 2.58. The molecule has 2 aromatic rings. The third kappa shape index (κ3) is 5.47. The highest BCUT2D eigenvalue weighted by atomic mass is 35.5. The number of amides is 1. The highest BCUT2D eigenvalue weighted by Gasteiger charge is 2.31. The first kappa shape index (κ1) is 20.8. The first-order chi connectivity index (χ1) is 12.6. The van der Waals surface area contributed by atoms with Crippen LogP contribution >= 0.6 is 23.4 Å². The Balaban J connectivity index is 1.99. The molecule has 0 saturated carbocycles. The van der Waals surface area contributed by atoms with Crippen LogP contribution in [0.15, 0.2) is 35.5 Å². The molecule has 1 amide bonds. The predicted molar refractivity (Wildman–Crippen MR) is 95.1 cm³/mol. The lowest BCUT2D eigenvalue weighted by molar-refractivity contribution is -0.384. The van der Waals surface area contributed by atoms with Crippen molar-refractivity contribution in [3.8, 4) is 0 Å². The lowest BCUT2D eigenvalue weighted by Crippen LogP contribution is -2.12. The Bertz CT molecular complexity index is 880. The lowest BCUT2D eigenvalue weighted by Gasteiger charge is -2.10. The van der Waals surface area contributed by atoms with E-state index < -0.39 is 22.6 Å². The van der Waals surface area contributed by atoms with Gasteiger partial charge < -0.3 is 11.1 Å². The number of benzene rings is 1. The number of nitrogens with two attached hydrogens (primary N) is 1. The Labute approximate surface area is 160 Å². The maximum Gasteiger partial charge on any atom is 0.417 e. The van der Waals surface area contributed by atoms with Crippen LogP contribution in [0.5, 0.6) is 0 Å². The van der Waals surface area contributed by atoms with Gasteiger partial charge in [0.15, 0.2) is 0 Å². The molecule has 0 bridgehead atoms. The molecule has 0 aliphatic rings. The molecule has 27 heavy (non-hydrogen) atoms. The summed E-state index contributed by atoms with van der Waals surface area (Å²) in [6.07, 6.45) is -3.84. The van der Waals surface area contributed by atoms with E-state index in [0.717, 1.165) is 23.9 Å². The number of carbonyl (C=O) groups excluding carboxylic acids is 1. The number of anilines is 1. The molecule has 2 rings (SSSR count). The molecule has 3 N–H and O–H groups in total. The molecule has 0 aliphatic heterocycles. The van der Waals surface area contributed by atoms with Crippen molar-refractivity contribution in [1.29, 1.82) is 0 Å². The van der Waals surface area contributed by atoms with Gasteiger partial charge in [-0.1, -0.05) is 11.6 Å². The number of nitrogens with zero attached hydrogens (tertiary/aromatic N) is 2. The number of alkyl halides is 3. The van der Waals surface area contributed by atoms with E-state index in [2.05, 4.69) is 10.3 Å². The SMILES string of the molecule is NC(=O)c1ccc(NCCSc2ncc(C(F)(F)F)cc2Cl)c([N+](=O)[O-])c1. The van der Waals surface area contributed by atoms with Crippen LogP contribution in [0.1, 0.15) is 15.9 Å². The molecule has 0 fully saturated rings. The van der Waals surface area contributed by atoms with Crippen molar-refractivity contribution in [2.75, 3.05) is 17.6 Å². The first-order valence-electron chi connectivity index (χ1n) is 7.27. The zero-order valence-corrected chi connectivity index (χ0v) is 15.0. The summed E-state index contributed by atoms with van der Waals surface area (Å²) in [5.41, 5.74) is 4.01. The molecule has 0 aliphatic carbocycles. The molecule has 0 unspecified atom stereocenters. The summed E-state index contributed by atoms with van der Waals surface area (Å²) in [4.78, 5) is 25.2. The van der Waals surface area contributed by atoms with Crippen molar-refractivity contribution >= 4 is 40.6 Å². The summed E-state index contributed by atoms with van der Waals surface area (Å²) < 4.78 is 37.7. The van der Waals surface area contributed by atoms with Gasteiger partial charge in [-0.2, -0.15) is 13.2 Å². The third-order valence-electron chi connectivity index (χ3n) is 3.27. The van der Waals surface area contributed by atoms with Gasteiger partial charge in [-0.3, -0.25) is 14.9 Å². The average molecular weight is 421 g/mol. The monoisotopic (exact) mass is 420 g/mol. The molecule has 0 saturated heterocycles. The topological polar surface area (TPSA) is 111 Å². The summed E-state index contributed by atoms with van der Waals surface area (Å²) in [7, 11) is 0. The molecule has 7 nitrogen and oxygen atoms in total. The van der Waals surface area contributed by atoms with Gasteiger partial charge in [0, 0.05) is 30.1 Å². The Hall–Kier alpha value is -2.53. The fraction of sp³-hybridized carbons (Fsp3) is 0.200. The second-order valence-electron chi connectivity index (χ2n) is 5.14. The van der Waals surface area contributed by atoms with Crippen molar-refractivity contribution in [2.24, 2.45) is 5.73 Å². The predicted octanol–water partition coefficient (Wildman–Crippen LogP) is 3.97. The highest BCUT2D eigenvalue weighted by Crippen LogP contribution is 2.33. The van der Waals surface area contributed by atoms with E-state index in [1.165, 1.54) is 12.1 Å². The number of hydrogen-bond acceptors (Lipinski definition) is 6. The largest absolute Gasteiger partial charge is 0.417 e. The minimum Gasteiger partial charge on any atom is -0.379 e. The van der Waals surface area contributed by atoms with E-state index in [1.807, 2.05) is 0 Å². The van der Waals surface area contributed by atoms with Gasteiger partial charge in [0.05, 0.1) is 15.5 Å². The van der Waals surface area contributed by atoms with E-state index in [1.54, 1.807) is 0 Å². The number of pyridine rings is 1. The number of carbonyl (C=O) groups is 1. The van der Waals surface area contributed by atoms with E-state index in [0.29, 0.717) is 11.9 Å². The fourth-order valence-electron chi connectivity index (χ4n) is 2.01. The molecule has 1 aromatic heterocycles. The number of nitro benzene ring substituents is 1. The van der Waals surface area contributed by atoms with Crippen LogP contribution in [-0.4, -0.2) is 28.1 Å². The van der Waals surface area contributed by atoms with E-state index in [4.69, 9.17) is 17.3 Å². The summed E-state index contributed by atoms with van der Waals surface area (Å²) in [6.45, 7) is 0.237. The van der Waals surface area contributed by atoms with Crippen molar-refractivity contribution in [1.82, 2.24) is 4.98 Å². The smallest absolute Gasteiger partial charge is 0.379 e. The van der Waals surface area contributed by atoms with Crippen LogP contribution in [0.4, 0.5) is 24.5 Å². The first-order valence-corrected chi connectivity index (χ1v) is 8.63. The van der Waals surface area contributed by atoms with Gasteiger partial charge in [-0.15, -0.1) is 11.8 Å². The van der Waals surface area contributed by atoms with Crippen LogP contribution in [-0.2, 0) is 6.18 Å². The van der Waals surface area contributed by atoms with Crippen molar-refractivity contribution in [3.05, 3.63) is 56.7 Å². The fourth-order valence-corrected chi connectivity index (χ4v) is 3.06. The molecule has 0 spiro atoms. The van der Waals surface area contributed by atoms with Crippen molar-refractivity contribution in [2.45, 2.75) is 11.2 Å². The zero-order valence-electron chi connectivity index (χ0n) is 13.4. The quantitative estimate of drug-likeness (QED) is 0.303. The second kappa shape index (κ2) is 8.44. The summed E-state index contributed by atoms with van der Waals surface area (Å²) in [5, 5.41) is 14.0. The minimum atomic E-state index is -4.53. The second-order valence-corrected chi connectivity index (χ2v) is 6.63. The van der Waals surface area contributed by atoms with E-state index >= 15 is 0 Å². The molecule has 0 radical (unpaired) electrons. The van der Waals surface area contributed by atoms with E-state index in [-0.39, 0.29) is 33.5 Å². The summed E-state index contributed by atoms with van der Waals surface area (Å²) in [5.74, 6) is -0.462. The molecule has 1 heterocycles. The maximum absolute atomic E-state index is 12.6. The van der Waals surface area contributed by atoms with Gasteiger partial charge in [0.1, 0.15) is 10.7 Å². The Morgan fingerprint density at radius 2 is 2.07 bits per heavy atom. The molecule has 12 heteroatoms. The molecule has 0 atom stereocenters. The number of nitro groups is 1. The van der Waals surface area contributed by atoms with Gasteiger partial charge in [-0.25, -0.2) is 4.98 Å². The normalized spacial score (nSPS) is 11.3. The van der Waals surface area contributed by atoms with Gasteiger partial charge in [-0.05, 0) is 18.2 Å². The number of nitrogens with one attached hydrogen (secondary N) is 1. The van der Waals surface area contributed by atoms with Gasteiger partial charge in [0.2, 0.25) is 5.91 Å². The number of primary amides is 1. The van der Waals surface area contributed by atoms with Crippen LogP contribution in [0.2, 0.25) is 5.02 Å². The summed E-state index contributed by atoms with van der Waals surface area (Å²) in [6, 6.07) is 4.55. The van der Waals surface area contributed by atoms with Crippen LogP contribution in [0, 0.1) is 10.1 Å². The molecular formula is C15H12ClF3N4O3S. The molecule has 1 aromatic carbocycles. The number of rotatable bonds is 7. The van der Waals surface area contributed by atoms with Crippen molar-refractivity contribution < 1.29 is 22.9 Å². The summed E-state index contributed by atoms with van der Waals surface area (Å²) >= 11 is 6.90. The van der Waals surface area contributed by atoms with Crippen LogP contribution in [0.25, 0.3) is 0 Å². The van der Waals surface area contributed by atoms with Crippen LogP contribution < -0.4 is 11.1 Å². The van der Waals surface area contributed by atoms with Gasteiger partial charge in [0.25, 0.3) is 5.69 Å². The van der Waals surface area contributed by atoms with E-state index in [9.17, 15) is 28.1 Å². The number of aromatic nitrogens is 1. The van der Waals surface area contributed by atoms with Gasteiger partial charge >= 0.3 is 6.18 Å². The maximum atomic E-state index is 12.6. The zero-order chi connectivity index (χ0) is 20.2. The lowest BCUT2D eigenvalue weighted by atomic mass is 10.1. The molecule has 144 valence electrons. The number of hydrogen-bond donors (Lipinski definition) is 2. The van der Waals surface area contributed by atoms with Crippen molar-refractivity contribution in [3.63, 3.8) is 0 Å². The van der Waals surface area contributed by atoms with Crippen LogP contribution in [0.3, 0.4) is 0 Å². The standard InChI is InChI=1S/C15H12ClF3N4O3S/c16-10-6-9(15(17,18)19)7-22-14(10)27-4-3-21-11-2-1-8(13(20)24)5-12(11)23(25)26/h1-2,5-7,21H,3-4H2,(H2,20,24). The third-order valence-corrected chi connectivity index (χ3v) is 4.68. The Kier molecular flexibility index (Phi) is 6.50. The number of halogens is 4.